The van der Waals surface area contributed by atoms with Gasteiger partial charge in [0.25, 0.3) is 5.78 Å². The number of hydrogen-bond acceptors (Lipinski definition) is 3. The predicted octanol–water partition coefficient (Wildman–Crippen LogP) is -1.13. The zero-order chi connectivity index (χ0) is 7.65. The van der Waals surface area contributed by atoms with Gasteiger partial charge in [-0.2, -0.15) is 13.2 Å². The van der Waals surface area contributed by atoms with E-state index in [1.807, 2.05) is 0 Å². The summed E-state index contributed by atoms with van der Waals surface area (Å²) in [6.45, 7) is 0. The molecule has 0 unspecified atom stereocenters. The third-order valence-corrected chi connectivity index (χ3v) is 0.443. The lowest BCUT2D eigenvalue weighted by atomic mass is 10.4. The van der Waals surface area contributed by atoms with Crippen LogP contribution in [-0.4, -0.2) is 17.9 Å². The van der Waals surface area contributed by atoms with Gasteiger partial charge in [-0.05, 0) is 0 Å². The fraction of sp³-hybridized carbons (Fsp3) is 0.333. The van der Waals surface area contributed by atoms with Crippen LogP contribution in [0, 0.1) is 0 Å². The van der Waals surface area contributed by atoms with Gasteiger partial charge in [-0.25, -0.2) is 0 Å². The number of hydrogen-bond donors (Lipinski definition) is 0. The molecule has 52 valence electrons. The summed E-state index contributed by atoms with van der Waals surface area (Å²) in [7, 11) is 0. The van der Waals surface area contributed by atoms with Crippen molar-refractivity contribution in [2.45, 2.75) is 6.18 Å². The van der Waals surface area contributed by atoms with Crippen molar-refractivity contribution in [3.05, 3.63) is 0 Å². The Morgan fingerprint density at radius 1 is 1.22 bits per heavy atom. The summed E-state index contributed by atoms with van der Waals surface area (Å²) < 4.78 is 32.8. The van der Waals surface area contributed by atoms with Gasteiger partial charge < -0.3 is 9.90 Å². The number of carboxylic acid groups (broad SMARTS) is 1. The standard InChI is InChI=1S/C3HF3O3/c4-3(5,6)1(7)2(8)9/h(H,8,9)/p-1. The molecule has 0 heterocycles. The van der Waals surface area contributed by atoms with Crippen LogP contribution in [0.3, 0.4) is 0 Å². The van der Waals surface area contributed by atoms with Gasteiger partial charge in [0.1, 0.15) is 5.97 Å². The largest absolute Gasteiger partial charge is 0.541 e. The van der Waals surface area contributed by atoms with E-state index < -0.39 is 17.9 Å². The molecule has 0 bridgehead atoms. The van der Waals surface area contributed by atoms with Gasteiger partial charge in [-0.1, -0.05) is 0 Å². The van der Waals surface area contributed by atoms with E-state index in [2.05, 4.69) is 0 Å². The average molecular weight is 141 g/mol. The molecule has 0 amide bonds. The first-order valence-electron chi connectivity index (χ1n) is 1.68. The average Bonchev–Trinajstić information content (AvgIpc) is 1.62. The molecule has 0 aliphatic heterocycles. The third kappa shape index (κ3) is 2.11. The molecule has 0 saturated carbocycles. The summed E-state index contributed by atoms with van der Waals surface area (Å²) >= 11 is 0. The van der Waals surface area contributed by atoms with Gasteiger partial charge in [0.15, 0.2) is 0 Å². The van der Waals surface area contributed by atoms with Gasteiger partial charge in [-0.15, -0.1) is 0 Å². The third-order valence-electron chi connectivity index (χ3n) is 0.443. The van der Waals surface area contributed by atoms with E-state index in [0.29, 0.717) is 0 Å². The minimum atomic E-state index is -5.32. The quantitative estimate of drug-likeness (QED) is 0.434. The van der Waals surface area contributed by atoms with E-state index in [1.165, 1.54) is 0 Å². The normalized spacial score (nSPS) is 11.0. The first-order valence-corrected chi connectivity index (χ1v) is 1.68. The number of carbonyl (C=O) groups is 2. The fourth-order valence-corrected chi connectivity index (χ4v) is 0.116. The lowest BCUT2D eigenvalue weighted by Crippen LogP contribution is -2.40. The second-order valence-corrected chi connectivity index (χ2v) is 1.11. The first kappa shape index (κ1) is 7.93. The smallest absolute Gasteiger partial charge is 0.456 e. The van der Waals surface area contributed by atoms with E-state index in [0.717, 1.165) is 0 Å². The summed E-state index contributed by atoms with van der Waals surface area (Å²) in [6, 6.07) is 0. The van der Waals surface area contributed by atoms with Crippen LogP contribution in [0.5, 0.6) is 0 Å². The van der Waals surface area contributed by atoms with Crippen molar-refractivity contribution in [2.75, 3.05) is 0 Å². The van der Waals surface area contributed by atoms with E-state index in [4.69, 9.17) is 9.90 Å². The van der Waals surface area contributed by atoms with Crippen molar-refractivity contribution < 1.29 is 27.9 Å². The Hall–Kier alpha value is -1.07. The summed E-state index contributed by atoms with van der Waals surface area (Å²) in [4.78, 5) is 18.5. The molecule has 0 aliphatic rings. The number of Topliss-reactive ketones (excluding diaryl/α,β-unsaturated/α-hetero) is 1. The number of alkyl halides is 3. The molecule has 0 spiro atoms. The molecule has 0 aromatic rings. The van der Waals surface area contributed by atoms with Crippen molar-refractivity contribution in [2.24, 2.45) is 0 Å². The zero-order valence-electron chi connectivity index (χ0n) is 3.86. The second-order valence-electron chi connectivity index (χ2n) is 1.11. The molecule has 3 nitrogen and oxygen atoms in total. The predicted molar refractivity (Wildman–Crippen MR) is 16.1 cm³/mol. The van der Waals surface area contributed by atoms with Gasteiger partial charge in [0.2, 0.25) is 0 Å². The van der Waals surface area contributed by atoms with Crippen LogP contribution in [0.1, 0.15) is 0 Å². The van der Waals surface area contributed by atoms with E-state index in [-0.39, 0.29) is 0 Å². The number of aliphatic carboxylic acids is 1. The number of rotatable bonds is 1. The van der Waals surface area contributed by atoms with E-state index in [9.17, 15) is 18.0 Å². The van der Waals surface area contributed by atoms with Crippen LogP contribution in [-0.2, 0) is 9.59 Å². The van der Waals surface area contributed by atoms with Crippen LogP contribution in [0.2, 0.25) is 0 Å². The highest BCUT2D eigenvalue weighted by molar-refractivity contribution is 6.33. The van der Waals surface area contributed by atoms with Gasteiger partial charge >= 0.3 is 6.18 Å². The lowest BCUT2D eigenvalue weighted by Gasteiger charge is -2.03. The maximum Gasteiger partial charge on any atom is 0.456 e. The Morgan fingerprint density at radius 2 is 1.56 bits per heavy atom. The number of halogens is 3. The molecular formula is C3F3O3-. The van der Waals surface area contributed by atoms with Crippen molar-refractivity contribution in [3.8, 4) is 0 Å². The molecule has 0 aliphatic carbocycles. The van der Waals surface area contributed by atoms with Crippen LogP contribution in [0.4, 0.5) is 13.2 Å². The number of carbonyl (C=O) groups excluding carboxylic acids is 2. The molecule has 0 saturated heterocycles. The molecule has 0 N–H and O–H groups in total. The highest BCUT2D eigenvalue weighted by Crippen LogP contribution is 2.14. The summed E-state index contributed by atoms with van der Waals surface area (Å²) in [6.07, 6.45) is -5.32. The molecule has 0 fully saturated rings. The van der Waals surface area contributed by atoms with Crippen LogP contribution < -0.4 is 5.11 Å². The SMILES string of the molecule is O=C([O-])C(=O)C(F)(F)F. The zero-order valence-corrected chi connectivity index (χ0v) is 3.86. The molecule has 0 atom stereocenters. The minimum Gasteiger partial charge on any atom is -0.541 e. The number of ketones is 1. The molecule has 0 aromatic heterocycles. The van der Waals surface area contributed by atoms with Crippen molar-refractivity contribution in [3.63, 3.8) is 0 Å². The monoisotopic (exact) mass is 141 g/mol. The van der Waals surface area contributed by atoms with Crippen molar-refractivity contribution >= 4 is 11.8 Å². The Balaban J connectivity index is 4.23. The summed E-state index contributed by atoms with van der Waals surface area (Å²) in [5, 5.41) is 9.17. The Bertz CT molecular complexity index is 147. The topological polar surface area (TPSA) is 57.2 Å². The van der Waals surface area contributed by atoms with Gasteiger partial charge in [0.05, 0.1) is 0 Å². The molecular weight excluding hydrogens is 141 g/mol. The van der Waals surface area contributed by atoms with Gasteiger partial charge in [-0.3, -0.25) is 4.79 Å². The first-order chi connectivity index (χ1) is 3.85. The van der Waals surface area contributed by atoms with E-state index in [1.54, 1.807) is 0 Å². The highest BCUT2D eigenvalue weighted by Gasteiger charge is 2.38. The number of carboxylic acids is 1. The van der Waals surface area contributed by atoms with Crippen molar-refractivity contribution in [1.29, 1.82) is 0 Å². The van der Waals surface area contributed by atoms with Crippen LogP contribution >= 0.6 is 0 Å². The molecule has 0 radical (unpaired) electrons. The van der Waals surface area contributed by atoms with Crippen LogP contribution in [0.15, 0.2) is 0 Å². The molecule has 9 heavy (non-hydrogen) atoms. The van der Waals surface area contributed by atoms with E-state index >= 15 is 0 Å². The molecule has 0 aromatic carbocycles. The van der Waals surface area contributed by atoms with Crippen molar-refractivity contribution in [1.82, 2.24) is 0 Å². The summed E-state index contributed by atoms with van der Waals surface area (Å²) in [5.74, 6) is -5.59. The Kier molecular flexibility index (Phi) is 1.80. The summed E-state index contributed by atoms with van der Waals surface area (Å²) in [5.41, 5.74) is 0. The van der Waals surface area contributed by atoms with Crippen LogP contribution in [0.25, 0.3) is 0 Å². The molecule has 0 rings (SSSR count). The Morgan fingerprint density at radius 3 is 1.56 bits per heavy atom. The maximum absolute atomic E-state index is 10.9. The highest BCUT2D eigenvalue weighted by atomic mass is 19.4. The minimum absolute atomic E-state index is 2.73. The fourth-order valence-electron chi connectivity index (χ4n) is 0.116. The maximum atomic E-state index is 10.9. The second kappa shape index (κ2) is 2.04. The lowest BCUT2D eigenvalue weighted by molar-refractivity contribution is -0.304. The Labute approximate surface area is 47.1 Å². The molecule has 6 heteroatoms. The van der Waals surface area contributed by atoms with Gasteiger partial charge in [0, 0.05) is 0 Å².